The monoisotopic (exact) mass is 339 g/mol. The van der Waals surface area contributed by atoms with Crippen LogP contribution in [0.1, 0.15) is 41.7 Å². The van der Waals surface area contributed by atoms with E-state index >= 15 is 0 Å². The van der Waals surface area contributed by atoms with Gasteiger partial charge in [-0.1, -0.05) is 25.3 Å². The van der Waals surface area contributed by atoms with Gasteiger partial charge in [-0.2, -0.15) is 0 Å². The number of carbonyl (C=O) groups excluding carboxylic acids is 1. The number of hydrogen-bond acceptors (Lipinski definition) is 5. The highest BCUT2D eigenvalue weighted by molar-refractivity contribution is 9.10. The molecule has 2 heterocycles. The third-order valence-corrected chi connectivity index (χ3v) is 3.78. The van der Waals surface area contributed by atoms with E-state index in [0.29, 0.717) is 11.3 Å². The summed E-state index contributed by atoms with van der Waals surface area (Å²) in [5, 5.41) is 4.09. The summed E-state index contributed by atoms with van der Waals surface area (Å²) in [6, 6.07) is 1.90. The molecular formula is C13H14BrN3OS. The Labute approximate surface area is 124 Å². The van der Waals surface area contributed by atoms with Gasteiger partial charge < -0.3 is 0 Å². The molecule has 0 bridgehead atoms. The molecule has 2 aromatic rings. The predicted octanol–water partition coefficient (Wildman–Crippen LogP) is 3.42. The van der Waals surface area contributed by atoms with Gasteiger partial charge in [-0.05, 0) is 39.1 Å². The molecule has 0 saturated carbocycles. The average Bonchev–Trinajstić information content (AvgIpc) is 2.77. The highest BCUT2D eigenvalue weighted by Crippen LogP contribution is 2.27. The molecule has 0 spiro atoms. The first-order valence-corrected chi connectivity index (χ1v) is 7.40. The maximum atomic E-state index is 12.3. The molecule has 2 rings (SSSR count). The summed E-state index contributed by atoms with van der Waals surface area (Å²) in [5.74, 6) is 0.0415. The fourth-order valence-corrected chi connectivity index (χ4v) is 2.91. The number of nitrogens with zero attached hydrogens (tertiary/aromatic N) is 3. The number of rotatable bonds is 3. The van der Waals surface area contributed by atoms with Gasteiger partial charge in [-0.15, -0.1) is 5.10 Å². The topological polar surface area (TPSA) is 55.7 Å². The number of halogens is 1. The molecule has 0 unspecified atom stereocenters. The van der Waals surface area contributed by atoms with E-state index in [2.05, 4.69) is 30.5 Å². The standard InChI is InChI=1S/C13H14BrN3OS/c1-13(2,3)12-11(19-17-16-12)10(18)5-8-4-9(14)7-15-6-8/h4,6-7H,5H2,1-3H3. The number of carbonyl (C=O) groups is 1. The van der Waals surface area contributed by atoms with Gasteiger partial charge in [0.1, 0.15) is 4.88 Å². The first-order valence-electron chi connectivity index (χ1n) is 5.83. The molecule has 0 aliphatic rings. The summed E-state index contributed by atoms with van der Waals surface area (Å²) >= 11 is 4.52. The second-order valence-electron chi connectivity index (χ2n) is 5.31. The summed E-state index contributed by atoms with van der Waals surface area (Å²) in [7, 11) is 0. The van der Waals surface area contributed by atoms with Gasteiger partial charge in [-0.25, -0.2) is 0 Å². The lowest BCUT2D eigenvalue weighted by Crippen LogP contribution is -2.17. The van der Waals surface area contributed by atoms with Gasteiger partial charge in [-0.3, -0.25) is 9.78 Å². The number of hydrogen-bond donors (Lipinski definition) is 0. The fraction of sp³-hybridized carbons (Fsp3) is 0.385. The van der Waals surface area contributed by atoms with Gasteiger partial charge in [0.05, 0.1) is 5.69 Å². The molecule has 6 heteroatoms. The summed E-state index contributed by atoms with van der Waals surface area (Å²) in [6.07, 6.45) is 3.72. The summed E-state index contributed by atoms with van der Waals surface area (Å²) in [6.45, 7) is 6.09. The Balaban J connectivity index is 2.24. The second-order valence-corrected chi connectivity index (χ2v) is 6.98. The lowest BCUT2D eigenvalue weighted by Gasteiger charge is -2.15. The van der Waals surface area contributed by atoms with Crippen LogP contribution in [0.4, 0.5) is 0 Å². The van der Waals surface area contributed by atoms with E-state index in [0.717, 1.165) is 15.7 Å². The fourth-order valence-electron chi connectivity index (χ4n) is 1.68. The van der Waals surface area contributed by atoms with E-state index in [1.54, 1.807) is 12.4 Å². The van der Waals surface area contributed by atoms with E-state index in [1.807, 2.05) is 26.8 Å². The normalized spacial score (nSPS) is 11.6. The molecule has 0 atom stereocenters. The lowest BCUT2D eigenvalue weighted by molar-refractivity contribution is 0.0994. The van der Waals surface area contributed by atoms with Crippen molar-refractivity contribution in [1.82, 2.24) is 14.6 Å². The minimum atomic E-state index is -0.173. The van der Waals surface area contributed by atoms with E-state index < -0.39 is 0 Å². The van der Waals surface area contributed by atoms with Crippen LogP contribution in [0.2, 0.25) is 0 Å². The van der Waals surface area contributed by atoms with Gasteiger partial charge >= 0.3 is 0 Å². The Bertz CT molecular complexity index is 604. The van der Waals surface area contributed by atoms with Crippen molar-refractivity contribution in [1.29, 1.82) is 0 Å². The maximum Gasteiger partial charge on any atom is 0.180 e. The van der Waals surface area contributed by atoms with Crippen LogP contribution in [0.15, 0.2) is 22.9 Å². The quantitative estimate of drug-likeness (QED) is 0.804. The third kappa shape index (κ3) is 3.45. The molecule has 0 aliphatic carbocycles. The molecule has 0 radical (unpaired) electrons. The lowest BCUT2D eigenvalue weighted by atomic mass is 9.90. The van der Waals surface area contributed by atoms with Crippen molar-refractivity contribution in [3.05, 3.63) is 39.1 Å². The van der Waals surface area contributed by atoms with E-state index in [-0.39, 0.29) is 11.2 Å². The van der Waals surface area contributed by atoms with Crippen LogP contribution in [0.3, 0.4) is 0 Å². The third-order valence-electron chi connectivity index (χ3n) is 2.58. The Hall–Kier alpha value is -1.14. The molecule has 0 fully saturated rings. The first kappa shape index (κ1) is 14.3. The largest absolute Gasteiger partial charge is 0.293 e. The van der Waals surface area contributed by atoms with Crippen molar-refractivity contribution in [3.8, 4) is 0 Å². The predicted molar refractivity (Wildman–Crippen MR) is 78.6 cm³/mol. The van der Waals surface area contributed by atoms with Crippen molar-refractivity contribution in [2.24, 2.45) is 0 Å². The molecule has 0 saturated heterocycles. The van der Waals surface area contributed by atoms with E-state index in [1.165, 1.54) is 11.5 Å². The van der Waals surface area contributed by atoms with Crippen LogP contribution < -0.4 is 0 Å². The number of aromatic nitrogens is 3. The zero-order chi connectivity index (χ0) is 14.0. The Morgan fingerprint density at radius 1 is 1.37 bits per heavy atom. The first-order chi connectivity index (χ1) is 8.88. The van der Waals surface area contributed by atoms with E-state index in [4.69, 9.17) is 0 Å². The molecule has 0 amide bonds. The molecule has 100 valence electrons. The Kier molecular flexibility index (Phi) is 4.10. The van der Waals surface area contributed by atoms with Crippen molar-refractivity contribution in [3.63, 3.8) is 0 Å². The van der Waals surface area contributed by atoms with E-state index in [9.17, 15) is 4.79 Å². The van der Waals surface area contributed by atoms with Gasteiger partial charge in [0.15, 0.2) is 5.78 Å². The minimum absolute atomic E-state index is 0.0415. The molecule has 2 aromatic heterocycles. The summed E-state index contributed by atoms with van der Waals surface area (Å²) in [4.78, 5) is 17.0. The summed E-state index contributed by atoms with van der Waals surface area (Å²) < 4.78 is 4.79. The van der Waals surface area contributed by atoms with Crippen LogP contribution in [0, 0.1) is 0 Å². The summed E-state index contributed by atoms with van der Waals surface area (Å²) in [5.41, 5.74) is 1.48. The van der Waals surface area contributed by atoms with Gasteiger partial charge in [0, 0.05) is 28.7 Å². The van der Waals surface area contributed by atoms with Gasteiger partial charge in [0.25, 0.3) is 0 Å². The van der Waals surface area contributed by atoms with Crippen molar-refractivity contribution in [2.75, 3.05) is 0 Å². The average molecular weight is 340 g/mol. The zero-order valence-electron chi connectivity index (χ0n) is 11.0. The van der Waals surface area contributed by atoms with Crippen LogP contribution >= 0.6 is 27.5 Å². The SMILES string of the molecule is CC(C)(C)c1nnsc1C(=O)Cc1cncc(Br)c1. The minimum Gasteiger partial charge on any atom is -0.293 e. The molecule has 4 nitrogen and oxygen atoms in total. The van der Waals surface area contributed by atoms with Crippen LogP contribution in [-0.4, -0.2) is 20.4 Å². The number of Topliss-reactive ketones (excluding diaryl/α,β-unsaturated/α-hetero) is 1. The Morgan fingerprint density at radius 2 is 2.11 bits per heavy atom. The molecule has 0 aromatic carbocycles. The van der Waals surface area contributed by atoms with Crippen LogP contribution in [-0.2, 0) is 11.8 Å². The van der Waals surface area contributed by atoms with Crippen molar-refractivity contribution in [2.45, 2.75) is 32.6 Å². The smallest absolute Gasteiger partial charge is 0.180 e. The molecule has 19 heavy (non-hydrogen) atoms. The molecular weight excluding hydrogens is 326 g/mol. The maximum absolute atomic E-state index is 12.3. The zero-order valence-corrected chi connectivity index (χ0v) is 13.4. The highest BCUT2D eigenvalue weighted by atomic mass is 79.9. The van der Waals surface area contributed by atoms with Gasteiger partial charge in [0.2, 0.25) is 0 Å². The molecule has 0 N–H and O–H groups in total. The highest BCUT2D eigenvalue weighted by Gasteiger charge is 2.26. The van der Waals surface area contributed by atoms with Crippen LogP contribution in [0.5, 0.6) is 0 Å². The number of ketones is 1. The Morgan fingerprint density at radius 3 is 2.74 bits per heavy atom. The van der Waals surface area contributed by atoms with Crippen molar-refractivity contribution < 1.29 is 4.79 Å². The van der Waals surface area contributed by atoms with Crippen molar-refractivity contribution >= 4 is 33.2 Å². The molecule has 0 aliphatic heterocycles. The number of pyridine rings is 1. The van der Waals surface area contributed by atoms with Crippen LogP contribution in [0.25, 0.3) is 0 Å². The second kappa shape index (κ2) is 5.46.